The number of hydrogen-bond donors (Lipinski definition) is 1. The average Bonchev–Trinajstić information content (AvgIpc) is 2.93. The molecule has 8 heteroatoms. The van der Waals surface area contributed by atoms with Gasteiger partial charge in [-0.05, 0) is 39.7 Å². The molecule has 42 heavy (non-hydrogen) atoms. The van der Waals surface area contributed by atoms with Crippen LogP contribution in [0.25, 0.3) is 0 Å². The van der Waals surface area contributed by atoms with Crippen molar-refractivity contribution >= 4 is 28.9 Å². The highest BCUT2D eigenvalue weighted by Crippen LogP contribution is 2.39. The Labute approximate surface area is 276 Å². The quantitative estimate of drug-likeness (QED) is 0.111. The first-order chi connectivity index (χ1) is 19.4. The minimum absolute atomic E-state index is 0. The maximum atomic E-state index is 13.0. The topological polar surface area (TPSA) is 68.5 Å². The summed E-state index contributed by atoms with van der Waals surface area (Å²) in [7, 11) is 0. The lowest BCUT2D eigenvalue weighted by Gasteiger charge is -2.30. The van der Waals surface area contributed by atoms with Gasteiger partial charge in [-0.2, -0.15) is 0 Å². The molecule has 1 aliphatic heterocycles. The SMILES string of the molecule is Br.CCCCCCCCCCCCCCCC[n+]1ccc(C2C(C(=O)OCC)=C(C)NC(C)=C2C(=O)OCC)cc1.[Br-]. The second kappa shape index (κ2) is 23.7. The largest absolute Gasteiger partial charge is 1.00 e. The minimum Gasteiger partial charge on any atom is -1.00 e. The average molecular weight is 717 g/mol. The van der Waals surface area contributed by atoms with E-state index < -0.39 is 17.9 Å². The van der Waals surface area contributed by atoms with Crippen molar-refractivity contribution < 1.29 is 40.6 Å². The molecule has 2 heterocycles. The van der Waals surface area contributed by atoms with E-state index in [-0.39, 0.29) is 47.2 Å². The number of hydrogen-bond acceptors (Lipinski definition) is 5. The van der Waals surface area contributed by atoms with Crippen LogP contribution in [-0.2, 0) is 25.6 Å². The standard InChI is InChI=1S/C34H54N2O4.2BrH/c1-6-9-10-11-12-13-14-15-16-17-18-19-20-21-24-36-25-22-29(23-26-36)32-30(33(37)39-7-2)27(4)35-28(5)31(32)34(38)40-8-3;;/h22-23,25-26,32H,6-21,24H2,1-5H3;2*1H. The number of nitrogens with one attached hydrogen (secondary N) is 1. The Morgan fingerprint density at radius 1 is 0.690 bits per heavy atom. The number of halogens is 2. The molecular formula is C34H56Br2N2O4. The highest BCUT2D eigenvalue weighted by molar-refractivity contribution is 8.93. The number of carbonyl (C=O) groups is 2. The number of aryl methyl sites for hydroxylation is 1. The molecule has 2 rings (SSSR count). The molecule has 1 aliphatic rings. The molecule has 240 valence electrons. The molecule has 0 fully saturated rings. The summed E-state index contributed by atoms with van der Waals surface area (Å²) in [4.78, 5) is 25.9. The summed E-state index contributed by atoms with van der Waals surface area (Å²) < 4.78 is 12.9. The highest BCUT2D eigenvalue weighted by Gasteiger charge is 2.38. The molecular weight excluding hydrogens is 660 g/mol. The van der Waals surface area contributed by atoms with Gasteiger partial charge in [-0.3, -0.25) is 0 Å². The van der Waals surface area contributed by atoms with Crippen LogP contribution in [0.3, 0.4) is 0 Å². The van der Waals surface area contributed by atoms with E-state index in [1.807, 2.05) is 26.0 Å². The number of dihydropyridines is 1. The molecule has 0 amide bonds. The summed E-state index contributed by atoms with van der Waals surface area (Å²) in [5, 5.41) is 3.19. The van der Waals surface area contributed by atoms with Gasteiger partial charge in [0.1, 0.15) is 6.54 Å². The van der Waals surface area contributed by atoms with Crippen molar-refractivity contribution in [1.82, 2.24) is 5.32 Å². The predicted octanol–water partition coefficient (Wildman–Crippen LogP) is 5.40. The van der Waals surface area contributed by atoms with Crippen LogP contribution in [0.2, 0.25) is 0 Å². The van der Waals surface area contributed by atoms with Gasteiger partial charge in [-0.25, -0.2) is 14.2 Å². The summed E-state index contributed by atoms with van der Waals surface area (Å²) in [5.74, 6) is -1.35. The smallest absolute Gasteiger partial charge is 0.336 e. The fraction of sp³-hybridized carbons (Fsp3) is 0.676. The number of aromatic nitrogens is 1. The molecule has 0 aromatic carbocycles. The van der Waals surface area contributed by atoms with Crippen molar-refractivity contribution in [2.75, 3.05) is 13.2 Å². The number of carbonyl (C=O) groups excluding carboxylic acids is 2. The lowest BCUT2D eigenvalue weighted by atomic mass is 9.80. The van der Waals surface area contributed by atoms with Gasteiger partial charge in [0, 0.05) is 29.9 Å². The highest BCUT2D eigenvalue weighted by atomic mass is 79.9. The van der Waals surface area contributed by atoms with Crippen molar-refractivity contribution in [1.29, 1.82) is 0 Å². The minimum atomic E-state index is -0.532. The van der Waals surface area contributed by atoms with Gasteiger partial charge in [0.05, 0.1) is 30.3 Å². The Kier molecular flexibility index (Phi) is 22.8. The second-order valence-corrected chi connectivity index (χ2v) is 11.0. The third-order valence-electron chi connectivity index (χ3n) is 7.77. The van der Waals surface area contributed by atoms with Crippen LogP contribution in [0, 0.1) is 0 Å². The number of allylic oxidation sites excluding steroid dienone is 2. The van der Waals surface area contributed by atoms with Gasteiger partial charge < -0.3 is 31.8 Å². The van der Waals surface area contributed by atoms with E-state index in [0.29, 0.717) is 22.5 Å². The molecule has 1 N–H and O–H groups in total. The zero-order valence-corrected chi connectivity index (χ0v) is 30.1. The number of pyridine rings is 1. The molecule has 1 aromatic rings. The van der Waals surface area contributed by atoms with E-state index in [1.165, 1.54) is 83.5 Å². The monoisotopic (exact) mass is 714 g/mol. The van der Waals surface area contributed by atoms with E-state index in [9.17, 15) is 9.59 Å². The van der Waals surface area contributed by atoms with Gasteiger partial charge in [0.2, 0.25) is 0 Å². The lowest BCUT2D eigenvalue weighted by Crippen LogP contribution is -3.00. The number of rotatable bonds is 20. The number of nitrogens with zero attached hydrogens (tertiary/aromatic N) is 1. The lowest BCUT2D eigenvalue weighted by molar-refractivity contribution is -0.697. The molecule has 0 radical (unpaired) electrons. The molecule has 0 unspecified atom stereocenters. The van der Waals surface area contributed by atoms with Crippen molar-refractivity contribution in [3.05, 3.63) is 52.6 Å². The van der Waals surface area contributed by atoms with Crippen molar-refractivity contribution in [3.63, 3.8) is 0 Å². The molecule has 0 bridgehead atoms. The van der Waals surface area contributed by atoms with E-state index in [0.717, 1.165) is 18.5 Å². The van der Waals surface area contributed by atoms with Gasteiger partial charge >= 0.3 is 11.9 Å². The zero-order valence-electron chi connectivity index (χ0n) is 26.8. The summed E-state index contributed by atoms with van der Waals surface area (Å²) in [5.41, 5.74) is 3.20. The van der Waals surface area contributed by atoms with Gasteiger partial charge in [-0.15, -0.1) is 17.0 Å². The summed E-state index contributed by atoms with van der Waals surface area (Å²) in [6, 6.07) is 4.03. The van der Waals surface area contributed by atoms with E-state index in [1.54, 1.807) is 13.8 Å². The normalized spacial score (nSPS) is 13.3. The van der Waals surface area contributed by atoms with E-state index >= 15 is 0 Å². The summed E-state index contributed by atoms with van der Waals surface area (Å²) >= 11 is 0. The zero-order chi connectivity index (χ0) is 29.2. The summed E-state index contributed by atoms with van der Waals surface area (Å²) in [6.45, 7) is 11.1. The van der Waals surface area contributed by atoms with Crippen LogP contribution in [0.4, 0.5) is 0 Å². The first kappa shape index (κ1) is 40.3. The number of ether oxygens (including phenoxy) is 2. The molecule has 0 spiro atoms. The first-order valence-electron chi connectivity index (χ1n) is 16.0. The molecule has 1 aromatic heterocycles. The Morgan fingerprint density at radius 2 is 1.07 bits per heavy atom. The fourth-order valence-corrected chi connectivity index (χ4v) is 5.59. The predicted molar refractivity (Wildman–Crippen MR) is 172 cm³/mol. The van der Waals surface area contributed by atoms with Crippen LogP contribution in [0.5, 0.6) is 0 Å². The fourth-order valence-electron chi connectivity index (χ4n) is 5.59. The van der Waals surface area contributed by atoms with Crippen LogP contribution >= 0.6 is 17.0 Å². The van der Waals surface area contributed by atoms with Gasteiger partial charge in [0.25, 0.3) is 0 Å². The van der Waals surface area contributed by atoms with Crippen molar-refractivity contribution in [2.45, 2.75) is 137 Å². The third-order valence-corrected chi connectivity index (χ3v) is 7.77. The maximum Gasteiger partial charge on any atom is 0.336 e. The van der Waals surface area contributed by atoms with Crippen LogP contribution in [0.15, 0.2) is 47.1 Å². The number of esters is 2. The van der Waals surface area contributed by atoms with Crippen LogP contribution in [0.1, 0.15) is 136 Å². The molecule has 0 saturated heterocycles. The van der Waals surface area contributed by atoms with Gasteiger partial charge in [0.15, 0.2) is 12.4 Å². The Hall–Kier alpha value is -1.67. The molecule has 6 nitrogen and oxygen atoms in total. The van der Waals surface area contributed by atoms with Crippen LogP contribution < -0.4 is 26.9 Å². The molecule has 0 atom stereocenters. The van der Waals surface area contributed by atoms with Crippen molar-refractivity contribution in [3.8, 4) is 0 Å². The van der Waals surface area contributed by atoms with Gasteiger partial charge in [-0.1, -0.05) is 84.0 Å². The second-order valence-electron chi connectivity index (χ2n) is 11.0. The Morgan fingerprint density at radius 3 is 1.45 bits per heavy atom. The molecule has 0 saturated carbocycles. The van der Waals surface area contributed by atoms with Crippen molar-refractivity contribution in [2.24, 2.45) is 0 Å². The van der Waals surface area contributed by atoms with Crippen LogP contribution in [-0.4, -0.2) is 25.2 Å². The Balaban J connectivity index is 0.00000840. The third kappa shape index (κ3) is 13.7. The number of unbranched alkanes of at least 4 members (excludes halogenated alkanes) is 13. The van der Waals surface area contributed by atoms with E-state index in [4.69, 9.17) is 9.47 Å². The molecule has 0 aliphatic carbocycles. The summed E-state index contributed by atoms with van der Waals surface area (Å²) in [6.07, 6.45) is 23.1. The van der Waals surface area contributed by atoms with E-state index in [2.05, 4.69) is 29.2 Å². The Bertz CT molecular complexity index is 936. The first-order valence-corrected chi connectivity index (χ1v) is 16.0. The maximum absolute atomic E-state index is 13.0.